The molecule has 2 aromatic heterocycles. The third-order valence-corrected chi connectivity index (χ3v) is 6.95. The van der Waals surface area contributed by atoms with Gasteiger partial charge in [0.05, 0.1) is 11.3 Å². The zero-order chi connectivity index (χ0) is 32.2. The molecular formula is C31H30FN7O6. The van der Waals surface area contributed by atoms with E-state index >= 15 is 4.39 Å². The van der Waals surface area contributed by atoms with E-state index in [1.807, 2.05) is 6.92 Å². The largest absolute Gasteiger partial charge is 0.481 e. The van der Waals surface area contributed by atoms with Gasteiger partial charge in [-0.25, -0.2) is 14.0 Å². The first-order valence-electron chi connectivity index (χ1n) is 13.9. The molecule has 13 nitrogen and oxygen atoms in total. The highest BCUT2D eigenvalue weighted by Crippen LogP contribution is 2.33. The number of hydrogen-bond donors (Lipinski definition) is 3. The van der Waals surface area contributed by atoms with Crippen LogP contribution in [-0.4, -0.2) is 67.5 Å². The number of aromatic amines is 1. The van der Waals surface area contributed by atoms with E-state index < -0.39 is 23.5 Å². The molecule has 45 heavy (non-hydrogen) atoms. The molecule has 1 amide bonds. The summed E-state index contributed by atoms with van der Waals surface area (Å²) in [5, 5.41) is 21.3. The van der Waals surface area contributed by atoms with E-state index in [0.717, 1.165) is 4.68 Å². The number of aryl methyl sites for hydroxylation is 2. The van der Waals surface area contributed by atoms with Gasteiger partial charge in [0.1, 0.15) is 6.04 Å². The van der Waals surface area contributed by atoms with Gasteiger partial charge < -0.3 is 24.6 Å². The number of aromatic carboxylic acids is 1. The maximum Gasteiger partial charge on any atom is 0.348 e. The number of carbonyl (C=O) groups excluding carboxylic acids is 1. The predicted molar refractivity (Wildman–Crippen MR) is 161 cm³/mol. The number of carboxylic acids is 1. The third kappa shape index (κ3) is 6.59. The van der Waals surface area contributed by atoms with E-state index in [1.54, 1.807) is 57.4 Å². The van der Waals surface area contributed by atoms with Crippen molar-refractivity contribution in [2.75, 3.05) is 26.0 Å². The number of carbonyl (C=O) groups is 2. The highest BCUT2D eigenvalue weighted by Gasteiger charge is 2.27. The van der Waals surface area contributed by atoms with E-state index in [1.165, 1.54) is 29.2 Å². The molecule has 5 rings (SSSR count). The molecule has 2 heterocycles. The first-order valence-corrected chi connectivity index (χ1v) is 13.9. The van der Waals surface area contributed by atoms with Crippen molar-refractivity contribution in [3.63, 3.8) is 0 Å². The van der Waals surface area contributed by atoms with Crippen LogP contribution in [0.3, 0.4) is 0 Å². The molecule has 0 aliphatic carbocycles. The van der Waals surface area contributed by atoms with Gasteiger partial charge in [-0.15, -0.1) is 5.10 Å². The molecule has 0 saturated heterocycles. The molecule has 0 radical (unpaired) electrons. The van der Waals surface area contributed by atoms with Gasteiger partial charge in [0.15, 0.2) is 24.0 Å². The van der Waals surface area contributed by atoms with Crippen LogP contribution in [0.4, 0.5) is 10.1 Å². The highest BCUT2D eigenvalue weighted by atomic mass is 19.1. The van der Waals surface area contributed by atoms with E-state index in [4.69, 9.17) is 9.26 Å². The van der Waals surface area contributed by atoms with Crippen LogP contribution in [0.5, 0.6) is 5.75 Å². The highest BCUT2D eigenvalue weighted by molar-refractivity contribution is 5.91. The predicted octanol–water partition coefficient (Wildman–Crippen LogP) is 3.99. The number of anilines is 1. The number of nitrogens with one attached hydrogen (secondary N) is 2. The van der Waals surface area contributed by atoms with E-state index in [0.29, 0.717) is 35.0 Å². The number of nitrogens with zero attached hydrogens (tertiary/aromatic N) is 5. The Hall–Kier alpha value is -5.79. The lowest BCUT2D eigenvalue weighted by atomic mass is 10.00. The van der Waals surface area contributed by atoms with Crippen LogP contribution in [-0.2, 0) is 11.2 Å². The SMILES string of the molecule is CCc1cc(OCC(=O)N(C)C)c(F)c(C(Nc2ccc(-c3noc(C)n3)cc2)c2nn(-c3ccccc3C(=O)O)c(=O)[nH]2)c1. The molecule has 1 unspecified atom stereocenters. The summed E-state index contributed by atoms with van der Waals surface area (Å²) in [6.07, 6.45) is 0.508. The van der Waals surface area contributed by atoms with Crippen LogP contribution in [0.15, 0.2) is 70.0 Å². The number of aromatic nitrogens is 5. The molecule has 3 N–H and O–H groups in total. The summed E-state index contributed by atoms with van der Waals surface area (Å²) >= 11 is 0. The average Bonchev–Trinajstić information content (AvgIpc) is 3.64. The molecular weight excluding hydrogens is 585 g/mol. The van der Waals surface area contributed by atoms with Crippen LogP contribution in [0, 0.1) is 12.7 Å². The molecule has 232 valence electrons. The molecule has 0 spiro atoms. The van der Waals surface area contributed by atoms with Crippen molar-refractivity contribution in [3.8, 4) is 22.8 Å². The summed E-state index contributed by atoms with van der Waals surface area (Å²) in [6.45, 7) is 3.17. The Morgan fingerprint density at radius 2 is 1.89 bits per heavy atom. The summed E-state index contributed by atoms with van der Waals surface area (Å²) in [5.41, 5.74) is 1.14. The molecule has 5 aromatic rings. The van der Waals surface area contributed by atoms with E-state index in [9.17, 15) is 19.5 Å². The summed E-state index contributed by atoms with van der Waals surface area (Å²) in [5.74, 6) is -1.71. The van der Waals surface area contributed by atoms with Crippen molar-refractivity contribution < 1.29 is 28.3 Å². The molecule has 0 aliphatic heterocycles. The average molecular weight is 616 g/mol. The maximum atomic E-state index is 16.2. The standard InChI is InChI=1S/C31H30FN7O6/c1-5-18-14-22(26(32)24(15-18)44-16-25(40)38(3)4)27(34-20-12-10-19(11-13-20)28-33-17(2)45-37-28)29-35-31(43)39(36-29)23-9-7-6-8-21(23)30(41)42/h6-15,27,34H,5,16H2,1-4H3,(H,41,42)(H,35,36,43). The number of para-hydroxylation sites is 1. The topological polar surface area (TPSA) is 168 Å². The number of ether oxygens (including phenoxy) is 1. The Morgan fingerprint density at radius 1 is 1.16 bits per heavy atom. The zero-order valence-electron chi connectivity index (χ0n) is 24.9. The van der Waals surface area contributed by atoms with Gasteiger partial charge in [0, 0.05) is 37.8 Å². The zero-order valence-corrected chi connectivity index (χ0v) is 24.9. The fourth-order valence-electron chi connectivity index (χ4n) is 4.53. The van der Waals surface area contributed by atoms with Crippen molar-refractivity contribution in [2.45, 2.75) is 26.3 Å². The van der Waals surface area contributed by atoms with Crippen molar-refractivity contribution in [1.82, 2.24) is 29.8 Å². The fraction of sp³-hybridized carbons (Fsp3) is 0.226. The molecule has 3 aromatic carbocycles. The summed E-state index contributed by atoms with van der Waals surface area (Å²) in [6, 6.07) is 14.9. The normalized spacial score (nSPS) is 11.7. The lowest BCUT2D eigenvalue weighted by Gasteiger charge is -2.21. The number of halogens is 1. The van der Waals surface area contributed by atoms with Crippen LogP contribution in [0.25, 0.3) is 17.1 Å². The molecule has 0 fully saturated rings. The maximum absolute atomic E-state index is 16.2. The number of hydrogen-bond acceptors (Lipinski definition) is 9. The van der Waals surface area contributed by atoms with E-state index in [2.05, 4.69) is 25.5 Å². The molecule has 14 heteroatoms. The minimum Gasteiger partial charge on any atom is -0.481 e. The number of H-pyrrole nitrogens is 1. The van der Waals surface area contributed by atoms with Crippen molar-refractivity contribution >= 4 is 17.6 Å². The monoisotopic (exact) mass is 615 g/mol. The Bertz CT molecular complexity index is 1910. The minimum absolute atomic E-state index is 0.000493. The minimum atomic E-state index is -1.25. The number of rotatable bonds is 11. The lowest BCUT2D eigenvalue weighted by molar-refractivity contribution is -0.130. The summed E-state index contributed by atoms with van der Waals surface area (Å²) in [7, 11) is 3.13. The Labute approximate surface area is 256 Å². The van der Waals surface area contributed by atoms with Gasteiger partial charge in [-0.3, -0.25) is 9.78 Å². The van der Waals surface area contributed by atoms with Gasteiger partial charge in [0.25, 0.3) is 5.91 Å². The first-order chi connectivity index (χ1) is 21.5. The van der Waals surface area contributed by atoms with Crippen molar-refractivity contribution in [2.24, 2.45) is 0 Å². The van der Waals surface area contributed by atoms with E-state index in [-0.39, 0.29) is 40.9 Å². The third-order valence-electron chi connectivity index (χ3n) is 6.95. The Morgan fingerprint density at radius 3 is 2.53 bits per heavy atom. The quantitative estimate of drug-likeness (QED) is 0.198. The number of amides is 1. The van der Waals surface area contributed by atoms with Gasteiger partial charge in [0.2, 0.25) is 11.7 Å². The van der Waals surface area contributed by atoms with Gasteiger partial charge in [-0.1, -0.05) is 30.3 Å². The second kappa shape index (κ2) is 12.8. The smallest absolute Gasteiger partial charge is 0.348 e. The van der Waals surface area contributed by atoms with Crippen LogP contribution in [0.2, 0.25) is 0 Å². The van der Waals surface area contributed by atoms with Crippen LogP contribution in [0.1, 0.15) is 46.2 Å². The Kier molecular flexibility index (Phi) is 8.74. The fourth-order valence-corrected chi connectivity index (χ4v) is 4.53. The summed E-state index contributed by atoms with van der Waals surface area (Å²) < 4.78 is 27.8. The van der Waals surface area contributed by atoms with Crippen LogP contribution >= 0.6 is 0 Å². The molecule has 0 bridgehead atoms. The first kappa shape index (κ1) is 30.7. The lowest BCUT2D eigenvalue weighted by Crippen LogP contribution is -2.28. The second-order valence-electron chi connectivity index (χ2n) is 10.3. The van der Waals surface area contributed by atoms with Crippen molar-refractivity contribution in [1.29, 1.82) is 0 Å². The number of benzene rings is 3. The molecule has 1 atom stereocenters. The molecule has 0 aliphatic rings. The van der Waals surface area contributed by atoms with Crippen LogP contribution < -0.4 is 15.7 Å². The van der Waals surface area contributed by atoms with Gasteiger partial charge in [-0.2, -0.15) is 9.67 Å². The van der Waals surface area contributed by atoms with Crippen molar-refractivity contribution in [3.05, 3.63) is 105 Å². The van der Waals surface area contributed by atoms with Gasteiger partial charge >= 0.3 is 11.7 Å². The second-order valence-corrected chi connectivity index (χ2v) is 10.3. The molecule has 0 saturated carbocycles. The Balaban J connectivity index is 1.61. The number of likely N-dealkylation sites (N-methyl/N-ethyl adjacent to an activating group) is 1. The number of carboxylic acid groups (broad SMARTS) is 1. The van der Waals surface area contributed by atoms with Gasteiger partial charge in [-0.05, 0) is 54.4 Å². The summed E-state index contributed by atoms with van der Waals surface area (Å²) in [4.78, 5) is 45.5.